The first-order valence-electron chi connectivity index (χ1n) is 14.3. The van der Waals surface area contributed by atoms with Crippen LogP contribution in [0.5, 0.6) is 0 Å². The summed E-state index contributed by atoms with van der Waals surface area (Å²) in [6.07, 6.45) is 9.78. The molecule has 2 saturated heterocycles. The van der Waals surface area contributed by atoms with Crippen molar-refractivity contribution in [1.82, 2.24) is 9.80 Å². The smallest absolute Gasteiger partial charge is 0.251 e. The molecule has 0 aliphatic carbocycles. The Labute approximate surface area is 236 Å². The highest BCUT2D eigenvalue weighted by atomic mass is 32.2. The standard InChI is InChI=1S/C31H41N3O4S/c1-6-14-32-15-8-10-24-25(28(32)36)26-29(37)34(23(18-35)20(4)7-2)27-30(38)33(16-9-13-31(26,27)39-24)22-17-19(3)11-12-21(22)5/h8-13,17,20,23-27,35H,6-7,14-16,18H2,1-5H3/t20-,23-,24+,25-,26-,27?,31-/m0/s1. The van der Waals surface area contributed by atoms with E-state index in [0.29, 0.717) is 19.6 Å². The Morgan fingerprint density at radius 1 is 1.08 bits per heavy atom. The third-order valence-electron chi connectivity index (χ3n) is 9.17. The predicted molar refractivity (Wildman–Crippen MR) is 155 cm³/mol. The summed E-state index contributed by atoms with van der Waals surface area (Å²) in [4.78, 5) is 48.6. The van der Waals surface area contributed by atoms with Crippen LogP contribution < -0.4 is 4.90 Å². The SMILES string of the molecule is CCCN1CC=C[C@H]2S[C@]34C=CCN(c5cc(C)ccc5C)C(=O)C3N([C@@H](CO)[C@@H](C)CC)C(=O)[C@@H]4[C@H]2C1=O. The molecular weight excluding hydrogens is 510 g/mol. The molecule has 8 heteroatoms. The summed E-state index contributed by atoms with van der Waals surface area (Å²) >= 11 is 1.60. The van der Waals surface area contributed by atoms with Crippen LogP contribution in [-0.4, -0.2) is 80.9 Å². The molecule has 210 valence electrons. The second-order valence-electron chi connectivity index (χ2n) is 11.6. The molecule has 0 aromatic heterocycles. The van der Waals surface area contributed by atoms with Crippen LogP contribution in [0.1, 0.15) is 44.7 Å². The van der Waals surface area contributed by atoms with E-state index in [9.17, 15) is 19.5 Å². The first-order chi connectivity index (χ1) is 18.7. The number of fused-ring (bicyclic) bond motifs is 2. The summed E-state index contributed by atoms with van der Waals surface area (Å²) in [5, 5.41) is 10.4. The van der Waals surface area contributed by atoms with Gasteiger partial charge in [-0.25, -0.2) is 0 Å². The Hall–Kier alpha value is -2.58. The number of aliphatic hydroxyl groups is 1. The molecule has 1 aromatic carbocycles. The molecule has 4 aliphatic heterocycles. The number of benzene rings is 1. The molecule has 1 aromatic rings. The Bertz CT molecular complexity index is 1210. The van der Waals surface area contributed by atoms with Gasteiger partial charge >= 0.3 is 0 Å². The highest BCUT2D eigenvalue weighted by molar-refractivity contribution is 8.02. The highest BCUT2D eigenvalue weighted by Crippen LogP contribution is 2.61. The van der Waals surface area contributed by atoms with Crippen LogP contribution in [-0.2, 0) is 14.4 Å². The fourth-order valence-corrected chi connectivity index (χ4v) is 8.99. The number of aliphatic hydroxyl groups excluding tert-OH is 1. The van der Waals surface area contributed by atoms with Crippen LogP contribution in [0.25, 0.3) is 0 Å². The molecule has 4 aliphatic rings. The Morgan fingerprint density at radius 3 is 2.54 bits per heavy atom. The molecule has 2 fully saturated rings. The first-order valence-corrected chi connectivity index (χ1v) is 15.2. The number of nitrogens with zero attached hydrogens (tertiary/aromatic N) is 3. The lowest BCUT2D eigenvalue weighted by Gasteiger charge is -2.40. The zero-order valence-corrected chi connectivity index (χ0v) is 24.5. The lowest BCUT2D eigenvalue weighted by atomic mass is 9.78. The quantitative estimate of drug-likeness (QED) is 0.523. The number of amides is 3. The van der Waals surface area contributed by atoms with E-state index in [0.717, 1.165) is 29.7 Å². The number of thioether (sulfide) groups is 1. The van der Waals surface area contributed by atoms with Crippen molar-refractivity contribution in [3.05, 3.63) is 53.6 Å². The summed E-state index contributed by atoms with van der Waals surface area (Å²) in [6, 6.07) is 4.76. The number of aryl methyl sites for hydroxylation is 2. The van der Waals surface area contributed by atoms with Crippen molar-refractivity contribution in [1.29, 1.82) is 0 Å². The normalized spacial score (nSPS) is 31.6. The van der Waals surface area contributed by atoms with Gasteiger partial charge in [0.15, 0.2) is 0 Å². The number of hydrogen-bond acceptors (Lipinski definition) is 5. The minimum absolute atomic E-state index is 0.00394. The summed E-state index contributed by atoms with van der Waals surface area (Å²) < 4.78 is -0.883. The third-order valence-corrected chi connectivity index (χ3v) is 10.9. The van der Waals surface area contributed by atoms with E-state index in [1.54, 1.807) is 21.6 Å². The van der Waals surface area contributed by atoms with Crippen LogP contribution in [0.15, 0.2) is 42.5 Å². The van der Waals surface area contributed by atoms with Crippen molar-refractivity contribution in [2.24, 2.45) is 17.8 Å². The van der Waals surface area contributed by atoms with Gasteiger partial charge in [0, 0.05) is 30.6 Å². The average Bonchev–Trinajstić information content (AvgIpc) is 3.24. The van der Waals surface area contributed by atoms with Crippen molar-refractivity contribution in [3.8, 4) is 0 Å². The second kappa shape index (κ2) is 10.8. The zero-order chi connectivity index (χ0) is 28.1. The molecule has 7 nitrogen and oxygen atoms in total. The van der Waals surface area contributed by atoms with Gasteiger partial charge in [-0.15, -0.1) is 11.8 Å². The molecule has 0 saturated carbocycles. The largest absolute Gasteiger partial charge is 0.394 e. The Morgan fingerprint density at radius 2 is 1.85 bits per heavy atom. The van der Waals surface area contributed by atoms with E-state index in [2.05, 4.69) is 19.1 Å². The number of hydrogen-bond donors (Lipinski definition) is 1. The predicted octanol–water partition coefficient (Wildman–Crippen LogP) is 3.72. The lowest BCUT2D eigenvalue weighted by molar-refractivity contribution is -0.145. The molecule has 3 amide bonds. The number of carbonyl (C=O) groups excluding carboxylic acids is 3. The van der Waals surface area contributed by atoms with Crippen LogP contribution in [0.3, 0.4) is 0 Å². The van der Waals surface area contributed by atoms with Gasteiger partial charge < -0.3 is 19.8 Å². The average molecular weight is 552 g/mol. The number of carbonyl (C=O) groups is 3. The minimum Gasteiger partial charge on any atom is -0.394 e. The number of anilines is 1. The summed E-state index contributed by atoms with van der Waals surface area (Å²) in [7, 11) is 0. The molecule has 5 rings (SSSR count). The molecule has 1 unspecified atom stereocenters. The van der Waals surface area contributed by atoms with Gasteiger partial charge in [0.25, 0.3) is 5.91 Å². The minimum atomic E-state index is -0.883. The second-order valence-corrected chi connectivity index (χ2v) is 13.1. The molecular formula is C31H41N3O4S. The van der Waals surface area contributed by atoms with Gasteiger partial charge in [-0.1, -0.05) is 63.6 Å². The van der Waals surface area contributed by atoms with Crippen LogP contribution in [0, 0.1) is 31.6 Å². The van der Waals surface area contributed by atoms with Gasteiger partial charge in [0.05, 0.1) is 29.2 Å². The maximum atomic E-state index is 14.7. The van der Waals surface area contributed by atoms with Gasteiger partial charge in [-0.05, 0) is 43.4 Å². The topological polar surface area (TPSA) is 81.2 Å². The Kier molecular flexibility index (Phi) is 7.72. The maximum absolute atomic E-state index is 14.7. The maximum Gasteiger partial charge on any atom is 0.251 e. The molecule has 1 N–H and O–H groups in total. The van der Waals surface area contributed by atoms with Gasteiger partial charge in [0.2, 0.25) is 11.8 Å². The molecule has 0 radical (unpaired) electrons. The van der Waals surface area contributed by atoms with Gasteiger partial charge in [0.1, 0.15) is 6.04 Å². The molecule has 7 atom stereocenters. The Balaban J connectivity index is 1.67. The van der Waals surface area contributed by atoms with E-state index in [1.807, 2.05) is 62.9 Å². The van der Waals surface area contributed by atoms with E-state index in [-0.39, 0.29) is 35.5 Å². The monoisotopic (exact) mass is 551 g/mol. The van der Waals surface area contributed by atoms with E-state index in [4.69, 9.17) is 0 Å². The molecule has 39 heavy (non-hydrogen) atoms. The van der Waals surface area contributed by atoms with Crippen molar-refractivity contribution >= 4 is 35.2 Å². The van der Waals surface area contributed by atoms with Crippen molar-refractivity contribution < 1.29 is 19.5 Å². The van der Waals surface area contributed by atoms with Crippen molar-refractivity contribution in [2.75, 3.05) is 31.1 Å². The van der Waals surface area contributed by atoms with Crippen LogP contribution in [0.4, 0.5) is 5.69 Å². The first kappa shape index (κ1) is 28.0. The number of rotatable bonds is 7. The van der Waals surface area contributed by atoms with Crippen LogP contribution in [0.2, 0.25) is 0 Å². The fraction of sp³-hybridized carbons (Fsp3) is 0.581. The molecule has 4 heterocycles. The van der Waals surface area contributed by atoms with Crippen molar-refractivity contribution in [3.63, 3.8) is 0 Å². The third kappa shape index (κ3) is 4.34. The van der Waals surface area contributed by atoms with E-state index < -0.39 is 28.7 Å². The number of likely N-dealkylation sites (tertiary alicyclic amines) is 1. The zero-order valence-electron chi connectivity index (χ0n) is 23.7. The van der Waals surface area contributed by atoms with E-state index in [1.165, 1.54) is 0 Å². The van der Waals surface area contributed by atoms with Crippen LogP contribution >= 0.6 is 11.8 Å². The fourth-order valence-electron chi connectivity index (χ4n) is 7.00. The van der Waals surface area contributed by atoms with E-state index >= 15 is 0 Å². The lowest BCUT2D eigenvalue weighted by Crippen LogP contribution is -2.58. The van der Waals surface area contributed by atoms with Crippen molar-refractivity contribution in [2.45, 2.75) is 69.5 Å². The highest BCUT2D eigenvalue weighted by Gasteiger charge is 2.72. The van der Waals surface area contributed by atoms with Gasteiger partial charge in [-0.2, -0.15) is 0 Å². The summed E-state index contributed by atoms with van der Waals surface area (Å²) in [5.74, 6) is -1.54. The molecule has 0 bridgehead atoms. The summed E-state index contributed by atoms with van der Waals surface area (Å²) in [5.41, 5.74) is 2.88. The summed E-state index contributed by atoms with van der Waals surface area (Å²) in [6.45, 7) is 11.5. The molecule has 1 spiro atoms. The van der Waals surface area contributed by atoms with Gasteiger partial charge in [-0.3, -0.25) is 14.4 Å².